The Morgan fingerprint density at radius 2 is 2.20 bits per heavy atom. The molecule has 0 radical (unpaired) electrons. The summed E-state index contributed by atoms with van der Waals surface area (Å²) in [5.74, 6) is 0.402. The third kappa shape index (κ3) is 4.83. The quantitative estimate of drug-likeness (QED) is 0.718. The van der Waals surface area contributed by atoms with Crippen LogP contribution >= 0.6 is 0 Å². The van der Waals surface area contributed by atoms with E-state index in [9.17, 15) is 4.79 Å². The number of rotatable bonds is 9. The molecule has 0 spiro atoms. The number of nitrogens with two attached hydrogens (primary N) is 1. The van der Waals surface area contributed by atoms with Crippen LogP contribution in [0.2, 0.25) is 0 Å². The van der Waals surface area contributed by atoms with E-state index in [1.54, 1.807) is 14.0 Å². The van der Waals surface area contributed by atoms with Crippen molar-refractivity contribution in [3.05, 3.63) is 29.8 Å². The molecular weight excluding hydrogens is 256 g/mol. The highest BCUT2D eigenvalue weighted by Crippen LogP contribution is 2.16. The van der Waals surface area contributed by atoms with Crippen molar-refractivity contribution in [2.45, 2.75) is 32.4 Å². The highest BCUT2D eigenvalue weighted by Gasteiger charge is 2.29. The molecule has 0 heterocycles. The number of hydrogen-bond acceptors (Lipinski definition) is 4. The van der Waals surface area contributed by atoms with Crippen molar-refractivity contribution in [2.24, 2.45) is 5.73 Å². The molecular formula is C15H24N2O3. The monoisotopic (exact) mass is 280 g/mol. The van der Waals surface area contributed by atoms with E-state index < -0.39 is 5.54 Å². The van der Waals surface area contributed by atoms with Crippen LogP contribution in [0.3, 0.4) is 0 Å². The Kier molecular flexibility index (Phi) is 6.48. The summed E-state index contributed by atoms with van der Waals surface area (Å²) >= 11 is 0. The largest absolute Gasteiger partial charge is 0.493 e. The number of methoxy groups -OCH3 is 1. The third-order valence-electron chi connectivity index (χ3n) is 3.19. The lowest BCUT2D eigenvalue weighted by molar-refractivity contribution is -0.124. The Hall–Kier alpha value is -1.59. The molecule has 112 valence electrons. The maximum absolute atomic E-state index is 11.5. The van der Waals surface area contributed by atoms with E-state index in [1.807, 2.05) is 31.2 Å². The Labute approximate surface area is 120 Å². The average molecular weight is 280 g/mol. The van der Waals surface area contributed by atoms with E-state index in [0.717, 1.165) is 11.3 Å². The fraction of sp³-hybridized carbons (Fsp3) is 0.533. The average Bonchev–Trinajstić information content (AvgIpc) is 2.39. The number of carbonyl (C=O) groups is 1. The maximum atomic E-state index is 11.5. The standard InChI is InChI=1S/C15H24N2O3/c1-4-17-15(2,14(16)18)8-9-20-13-7-5-6-12(10-13)11-19-3/h5-7,10,17H,4,8-9,11H2,1-3H3,(H2,16,18). The van der Waals surface area contributed by atoms with Crippen LogP contribution in [-0.2, 0) is 16.1 Å². The molecule has 0 aromatic heterocycles. The molecule has 1 amide bonds. The minimum absolute atomic E-state index is 0.365. The fourth-order valence-corrected chi connectivity index (χ4v) is 1.95. The minimum atomic E-state index is -0.737. The summed E-state index contributed by atoms with van der Waals surface area (Å²) in [7, 11) is 1.66. The predicted molar refractivity (Wildman–Crippen MR) is 78.5 cm³/mol. The zero-order valence-electron chi connectivity index (χ0n) is 12.4. The van der Waals surface area contributed by atoms with Gasteiger partial charge in [-0.1, -0.05) is 19.1 Å². The highest BCUT2D eigenvalue weighted by atomic mass is 16.5. The van der Waals surface area contributed by atoms with Crippen LogP contribution in [-0.4, -0.2) is 31.7 Å². The SMILES string of the molecule is CCNC(C)(CCOc1cccc(COC)c1)C(N)=O. The summed E-state index contributed by atoms with van der Waals surface area (Å²) in [6, 6.07) is 7.70. The van der Waals surface area contributed by atoms with Crippen molar-refractivity contribution < 1.29 is 14.3 Å². The van der Waals surface area contributed by atoms with Gasteiger partial charge < -0.3 is 20.5 Å². The second kappa shape index (κ2) is 7.87. The van der Waals surface area contributed by atoms with Gasteiger partial charge in [0, 0.05) is 13.5 Å². The van der Waals surface area contributed by atoms with Gasteiger partial charge in [0.1, 0.15) is 5.75 Å². The van der Waals surface area contributed by atoms with Gasteiger partial charge in [0.05, 0.1) is 18.8 Å². The van der Waals surface area contributed by atoms with E-state index in [2.05, 4.69) is 5.32 Å². The molecule has 0 aliphatic rings. The summed E-state index contributed by atoms with van der Waals surface area (Å²) in [5.41, 5.74) is 5.74. The minimum Gasteiger partial charge on any atom is -0.493 e. The molecule has 5 heteroatoms. The lowest BCUT2D eigenvalue weighted by Crippen LogP contribution is -2.53. The van der Waals surface area contributed by atoms with Crippen LogP contribution in [0.25, 0.3) is 0 Å². The number of benzene rings is 1. The van der Waals surface area contributed by atoms with Crippen LogP contribution < -0.4 is 15.8 Å². The van der Waals surface area contributed by atoms with Gasteiger partial charge >= 0.3 is 0 Å². The van der Waals surface area contributed by atoms with E-state index in [0.29, 0.717) is 26.2 Å². The topological polar surface area (TPSA) is 73.6 Å². The van der Waals surface area contributed by atoms with E-state index in [4.69, 9.17) is 15.2 Å². The third-order valence-corrected chi connectivity index (χ3v) is 3.19. The first-order valence-corrected chi connectivity index (χ1v) is 6.77. The van der Waals surface area contributed by atoms with Crippen LogP contribution in [0.5, 0.6) is 5.75 Å². The first-order valence-electron chi connectivity index (χ1n) is 6.77. The molecule has 5 nitrogen and oxygen atoms in total. The zero-order valence-corrected chi connectivity index (χ0v) is 12.4. The normalized spacial score (nSPS) is 13.8. The van der Waals surface area contributed by atoms with E-state index in [-0.39, 0.29) is 5.91 Å². The van der Waals surface area contributed by atoms with Gasteiger partial charge in [-0.05, 0) is 31.2 Å². The smallest absolute Gasteiger partial charge is 0.237 e. The van der Waals surface area contributed by atoms with E-state index >= 15 is 0 Å². The predicted octanol–water partition coefficient (Wildman–Crippen LogP) is 1.46. The second-order valence-electron chi connectivity index (χ2n) is 4.91. The van der Waals surface area contributed by atoms with Gasteiger partial charge in [-0.15, -0.1) is 0 Å². The van der Waals surface area contributed by atoms with Gasteiger partial charge in [-0.3, -0.25) is 4.79 Å². The molecule has 1 atom stereocenters. The Balaban J connectivity index is 2.54. The van der Waals surface area contributed by atoms with Gasteiger partial charge in [-0.25, -0.2) is 0 Å². The number of ether oxygens (including phenoxy) is 2. The molecule has 20 heavy (non-hydrogen) atoms. The van der Waals surface area contributed by atoms with Crippen molar-refractivity contribution in [3.63, 3.8) is 0 Å². The van der Waals surface area contributed by atoms with Crippen molar-refractivity contribution in [1.29, 1.82) is 0 Å². The van der Waals surface area contributed by atoms with E-state index in [1.165, 1.54) is 0 Å². The summed E-state index contributed by atoms with van der Waals surface area (Å²) in [6.07, 6.45) is 0.519. The first-order chi connectivity index (χ1) is 9.51. The molecule has 0 bridgehead atoms. The molecule has 0 fully saturated rings. The number of nitrogens with one attached hydrogen (secondary N) is 1. The summed E-state index contributed by atoms with van der Waals surface area (Å²) in [5, 5.41) is 3.10. The van der Waals surface area contributed by atoms with Crippen LogP contribution in [0, 0.1) is 0 Å². The van der Waals surface area contributed by atoms with Crippen LogP contribution in [0.4, 0.5) is 0 Å². The maximum Gasteiger partial charge on any atom is 0.237 e. The molecule has 1 unspecified atom stereocenters. The van der Waals surface area contributed by atoms with Gasteiger partial charge in [-0.2, -0.15) is 0 Å². The zero-order chi connectivity index (χ0) is 15.0. The Morgan fingerprint density at radius 3 is 2.80 bits per heavy atom. The number of primary amides is 1. The molecule has 1 rings (SSSR count). The summed E-state index contributed by atoms with van der Waals surface area (Å²) in [6.45, 7) is 5.39. The van der Waals surface area contributed by atoms with Gasteiger partial charge in [0.25, 0.3) is 0 Å². The Morgan fingerprint density at radius 1 is 1.45 bits per heavy atom. The van der Waals surface area contributed by atoms with Crippen LogP contribution in [0.15, 0.2) is 24.3 Å². The second-order valence-corrected chi connectivity index (χ2v) is 4.91. The number of likely N-dealkylation sites (N-methyl/N-ethyl adjacent to an activating group) is 1. The van der Waals surface area contributed by atoms with Gasteiger partial charge in [0.2, 0.25) is 5.91 Å². The lowest BCUT2D eigenvalue weighted by Gasteiger charge is -2.26. The first kappa shape index (κ1) is 16.5. The molecule has 1 aromatic carbocycles. The molecule has 0 saturated carbocycles. The summed E-state index contributed by atoms with van der Waals surface area (Å²) in [4.78, 5) is 11.5. The van der Waals surface area contributed by atoms with Gasteiger partial charge in [0.15, 0.2) is 0 Å². The Bertz CT molecular complexity index is 437. The molecule has 0 saturated heterocycles. The fourth-order valence-electron chi connectivity index (χ4n) is 1.95. The lowest BCUT2D eigenvalue weighted by atomic mass is 9.97. The number of hydrogen-bond donors (Lipinski definition) is 2. The van der Waals surface area contributed by atoms with Crippen LogP contribution in [0.1, 0.15) is 25.8 Å². The number of carbonyl (C=O) groups excluding carboxylic acids is 1. The molecule has 0 aliphatic carbocycles. The highest BCUT2D eigenvalue weighted by molar-refractivity contribution is 5.84. The molecule has 0 aliphatic heterocycles. The molecule has 3 N–H and O–H groups in total. The number of amides is 1. The van der Waals surface area contributed by atoms with Crippen molar-refractivity contribution in [3.8, 4) is 5.75 Å². The summed E-state index contributed by atoms with van der Waals surface area (Å²) < 4.78 is 10.8. The van der Waals surface area contributed by atoms with Crippen molar-refractivity contribution in [2.75, 3.05) is 20.3 Å². The van der Waals surface area contributed by atoms with Crippen molar-refractivity contribution >= 4 is 5.91 Å². The molecule has 1 aromatic rings. The van der Waals surface area contributed by atoms with Crippen molar-refractivity contribution in [1.82, 2.24) is 5.32 Å².